The van der Waals surface area contributed by atoms with Crippen LogP contribution >= 0.6 is 0 Å². The number of amides is 1. The van der Waals surface area contributed by atoms with Crippen LogP contribution in [0.2, 0.25) is 0 Å². The second-order valence-electron chi connectivity index (χ2n) is 6.60. The van der Waals surface area contributed by atoms with Crippen LogP contribution in [0.1, 0.15) is 55.8 Å². The van der Waals surface area contributed by atoms with Crippen molar-refractivity contribution in [2.75, 3.05) is 13.1 Å². The summed E-state index contributed by atoms with van der Waals surface area (Å²) < 4.78 is 5.13. The van der Waals surface area contributed by atoms with Gasteiger partial charge in [-0.2, -0.15) is 0 Å². The maximum atomic E-state index is 12.5. The predicted molar refractivity (Wildman–Crippen MR) is 80.2 cm³/mol. The molecule has 0 aromatic carbocycles. The Morgan fingerprint density at radius 1 is 1.29 bits per heavy atom. The maximum Gasteiger partial charge on any atom is 0.292 e. The molecule has 0 unspecified atom stereocenters. The van der Waals surface area contributed by atoms with Gasteiger partial charge in [-0.15, -0.1) is 0 Å². The highest BCUT2D eigenvalue weighted by molar-refractivity contribution is 5.91. The standard InChI is InChI=1S/C16H25N3O2/c1-11-9-15(21-17-11)16(20)18-8-4-5-14(10-18)19-12(2)6-7-13(19)3/h9,12-14H,4-8,10H2,1-3H3/t12-,13-,14-/m0/s1. The Kier molecular flexibility index (Phi) is 4.02. The molecule has 3 rings (SSSR count). The molecule has 2 fully saturated rings. The highest BCUT2D eigenvalue weighted by Gasteiger charge is 2.36. The number of aromatic nitrogens is 1. The van der Waals surface area contributed by atoms with Crippen molar-refractivity contribution in [2.45, 2.75) is 64.6 Å². The van der Waals surface area contributed by atoms with Gasteiger partial charge in [-0.1, -0.05) is 5.16 Å². The first-order chi connectivity index (χ1) is 10.1. The van der Waals surface area contributed by atoms with E-state index in [-0.39, 0.29) is 5.91 Å². The van der Waals surface area contributed by atoms with Crippen molar-refractivity contribution in [3.05, 3.63) is 17.5 Å². The molecule has 3 atom stereocenters. The van der Waals surface area contributed by atoms with E-state index in [2.05, 4.69) is 23.9 Å². The first-order valence-electron chi connectivity index (χ1n) is 8.06. The minimum Gasteiger partial charge on any atom is -0.351 e. The Morgan fingerprint density at radius 3 is 2.62 bits per heavy atom. The molecule has 116 valence electrons. The van der Waals surface area contributed by atoms with Gasteiger partial charge in [0.15, 0.2) is 0 Å². The molecule has 0 radical (unpaired) electrons. The van der Waals surface area contributed by atoms with Crippen molar-refractivity contribution < 1.29 is 9.32 Å². The summed E-state index contributed by atoms with van der Waals surface area (Å²) in [5.74, 6) is 0.357. The zero-order chi connectivity index (χ0) is 15.0. The normalized spacial score (nSPS) is 30.8. The number of nitrogens with zero attached hydrogens (tertiary/aromatic N) is 3. The molecular weight excluding hydrogens is 266 g/mol. The SMILES string of the molecule is Cc1cc(C(=O)N2CCC[C@H](N3[C@@H](C)CC[C@@H]3C)C2)on1. The summed E-state index contributed by atoms with van der Waals surface area (Å²) in [5.41, 5.74) is 0.758. The lowest BCUT2D eigenvalue weighted by molar-refractivity contribution is 0.0456. The number of hydrogen-bond acceptors (Lipinski definition) is 4. The highest BCUT2D eigenvalue weighted by atomic mass is 16.5. The summed E-state index contributed by atoms with van der Waals surface area (Å²) in [6, 6.07) is 3.48. The van der Waals surface area contributed by atoms with E-state index in [1.807, 2.05) is 11.8 Å². The zero-order valence-electron chi connectivity index (χ0n) is 13.2. The van der Waals surface area contributed by atoms with E-state index in [4.69, 9.17) is 4.52 Å². The number of hydrogen-bond donors (Lipinski definition) is 0. The average molecular weight is 291 g/mol. The molecule has 1 amide bonds. The summed E-state index contributed by atoms with van der Waals surface area (Å²) in [4.78, 5) is 17.1. The summed E-state index contributed by atoms with van der Waals surface area (Å²) >= 11 is 0. The Bertz CT molecular complexity index is 503. The van der Waals surface area contributed by atoms with Gasteiger partial charge in [0.05, 0.1) is 5.69 Å². The Balaban J connectivity index is 1.69. The third-order valence-corrected chi connectivity index (χ3v) is 4.96. The third kappa shape index (κ3) is 2.84. The van der Waals surface area contributed by atoms with Crippen LogP contribution in [-0.4, -0.2) is 52.1 Å². The predicted octanol–water partition coefficient (Wildman–Crippen LogP) is 2.46. The number of carbonyl (C=O) groups is 1. The molecule has 1 aromatic rings. The summed E-state index contributed by atoms with van der Waals surface area (Å²) in [6.07, 6.45) is 4.80. The summed E-state index contributed by atoms with van der Waals surface area (Å²) in [7, 11) is 0. The Hall–Kier alpha value is -1.36. The second-order valence-corrected chi connectivity index (χ2v) is 6.60. The third-order valence-electron chi connectivity index (χ3n) is 4.96. The fourth-order valence-corrected chi connectivity index (χ4v) is 3.94. The van der Waals surface area contributed by atoms with E-state index in [1.165, 1.54) is 19.3 Å². The minimum atomic E-state index is -0.0141. The van der Waals surface area contributed by atoms with Crippen molar-refractivity contribution in [3.8, 4) is 0 Å². The molecule has 0 bridgehead atoms. The molecule has 2 aliphatic heterocycles. The molecule has 5 nitrogen and oxygen atoms in total. The summed E-state index contributed by atoms with van der Waals surface area (Å²) in [5, 5.41) is 3.82. The average Bonchev–Trinajstić information content (AvgIpc) is 3.04. The van der Waals surface area contributed by atoms with Gasteiger partial charge < -0.3 is 9.42 Å². The smallest absolute Gasteiger partial charge is 0.292 e. The quantitative estimate of drug-likeness (QED) is 0.840. The van der Waals surface area contributed by atoms with Crippen LogP contribution < -0.4 is 0 Å². The molecule has 2 saturated heterocycles. The van der Waals surface area contributed by atoms with Crippen LogP contribution in [0, 0.1) is 6.92 Å². The van der Waals surface area contributed by atoms with E-state index in [0.29, 0.717) is 23.9 Å². The van der Waals surface area contributed by atoms with Gasteiger partial charge in [0.25, 0.3) is 5.91 Å². The lowest BCUT2D eigenvalue weighted by atomic mass is 10.0. The largest absolute Gasteiger partial charge is 0.351 e. The Labute approximate surface area is 126 Å². The van der Waals surface area contributed by atoms with Gasteiger partial charge in [-0.05, 0) is 46.5 Å². The van der Waals surface area contributed by atoms with Gasteiger partial charge >= 0.3 is 0 Å². The van der Waals surface area contributed by atoms with Crippen LogP contribution in [0.25, 0.3) is 0 Å². The molecule has 5 heteroatoms. The van der Waals surface area contributed by atoms with E-state index >= 15 is 0 Å². The van der Waals surface area contributed by atoms with Gasteiger partial charge in [-0.3, -0.25) is 9.69 Å². The fourth-order valence-electron chi connectivity index (χ4n) is 3.94. The lowest BCUT2D eigenvalue weighted by Gasteiger charge is -2.41. The molecular formula is C16H25N3O2. The number of likely N-dealkylation sites (tertiary alicyclic amines) is 2. The molecule has 0 N–H and O–H groups in total. The molecule has 2 aliphatic rings. The van der Waals surface area contributed by atoms with Crippen molar-refractivity contribution in [3.63, 3.8) is 0 Å². The first kappa shape index (κ1) is 14.6. The fraction of sp³-hybridized carbons (Fsp3) is 0.750. The number of rotatable bonds is 2. The van der Waals surface area contributed by atoms with Gasteiger partial charge in [-0.25, -0.2) is 0 Å². The van der Waals surface area contributed by atoms with Crippen molar-refractivity contribution in [2.24, 2.45) is 0 Å². The van der Waals surface area contributed by atoms with Crippen molar-refractivity contribution >= 4 is 5.91 Å². The van der Waals surface area contributed by atoms with E-state index < -0.39 is 0 Å². The minimum absolute atomic E-state index is 0.0141. The first-order valence-corrected chi connectivity index (χ1v) is 8.06. The monoisotopic (exact) mass is 291 g/mol. The Morgan fingerprint density at radius 2 is 2.00 bits per heavy atom. The molecule has 1 aromatic heterocycles. The lowest BCUT2D eigenvalue weighted by Crippen LogP contribution is -2.52. The van der Waals surface area contributed by atoms with E-state index in [9.17, 15) is 4.79 Å². The maximum absolute atomic E-state index is 12.5. The number of carbonyl (C=O) groups excluding carboxylic acids is 1. The molecule has 0 aliphatic carbocycles. The molecule has 3 heterocycles. The second kappa shape index (κ2) is 5.79. The van der Waals surface area contributed by atoms with Crippen molar-refractivity contribution in [1.29, 1.82) is 0 Å². The molecule has 0 spiro atoms. The number of piperidine rings is 1. The van der Waals surface area contributed by atoms with Crippen LogP contribution in [0.3, 0.4) is 0 Å². The highest BCUT2D eigenvalue weighted by Crippen LogP contribution is 2.30. The van der Waals surface area contributed by atoms with Crippen LogP contribution in [0.15, 0.2) is 10.6 Å². The molecule has 0 saturated carbocycles. The van der Waals surface area contributed by atoms with Gasteiger partial charge in [0, 0.05) is 37.3 Å². The summed E-state index contributed by atoms with van der Waals surface area (Å²) in [6.45, 7) is 8.10. The van der Waals surface area contributed by atoms with Crippen molar-refractivity contribution in [1.82, 2.24) is 15.0 Å². The number of aryl methyl sites for hydroxylation is 1. The van der Waals surface area contributed by atoms with E-state index in [0.717, 1.165) is 25.2 Å². The van der Waals surface area contributed by atoms with E-state index in [1.54, 1.807) is 6.07 Å². The van der Waals surface area contributed by atoms with Crippen LogP contribution in [0.5, 0.6) is 0 Å². The van der Waals surface area contributed by atoms with Crippen LogP contribution in [0.4, 0.5) is 0 Å². The topological polar surface area (TPSA) is 49.6 Å². The van der Waals surface area contributed by atoms with Crippen LogP contribution in [-0.2, 0) is 0 Å². The molecule has 21 heavy (non-hydrogen) atoms. The van der Waals surface area contributed by atoms with Gasteiger partial charge in [0.1, 0.15) is 0 Å². The van der Waals surface area contributed by atoms with Gasteiger partial charge in [0.2, 0.25) is 5.76 Å². The zero-order valence-corrected chi connectivity index (χ0v) is 13.2.